The van der Waals surface area contributed by atoms with E-state index in [-0.39, 0.29) is 6.03 Å². The average Bonchev–Trinajstić information content (AvgIpc) is 2.88. The molecule has 102 valence electrons. The van der Waals surface area contributed by atoms with E-state index in [9.17, 15) is 9.59 Å². The second kappa shape index (κ2) is 5.97. The van der Waals surface area contributed by atoms with E-state index in [4.69, 9.17) is 5.11 Å². The summed E-state index contributed by atoms with van der Waals surface area (Å²) >= 11 is 1.59. The summed E-state index contributed by atoms with van der Waals surface area (Å²) in [4.78, 5) is 25.6. The molecule has 1 aromatic carbocycles. The Morgan fingerprint density at radius 2 is 2.26 bits per heavy atom. The van der Waals surface area contributed by atoms with Gasteiger partial charge in [-0.2, -0.15) is 0 Å². The van der Waals surface area contributed by atoms with Gasteiger partial charge in [-0.25, -0.2) is 9.59 Å². The van der Waals surface area contributed by atoms with Crippen molar-refractivity contribution >= 4 is 29.4 Å². The van der Waals surface area contributed by atoms with Gasteiger partial charge in [-0.15, -0.1) is 11.8 Å². The van der Waals surface area contributed by atoms with E-state index in [0.717, 1.165) is 11.3 Å². The first kappa shape index (κ1) is 13.7. The molecule has 1 aliphatic rings. The maximum atomic E-state index is 12.1. The van der Waals surface area contributed by atoms with Crippen molar-refractivity contribution in [2.75, 3.05) is 18.1 Å². The quantitative estimate of drug-likeness (QED) is 0.835. The fourth-order valence-electron chi connectivity index (χ4n) is 2.16. The number of hydrogen-bond donors (Lipinski definition) is 2. The van der Waals surface area contributed by atoms with Crippen LogP contribution in [0.2, 0.25) is 0 Å². The van der Waals surface area contributed by atoms with Crippen LogP contribution in [0.5, 0.6) is 0 Å². The highest BCUT2D eigenvalue weighted by molar-refractivity contribution is 7.98. The lowest BCUT2D eigenvalue weighted by molar-refractivity contribution is -0.141. The average molecular weight is 280 g/mol. The fourth-order valence-corrected chi connectivity index (χ4v) is 2.62. The molecule has 1 aliphatic heterocycles. The van der Waals surface area contributed by atoms with E-state index < -0.39 is 12.0 Å². The molecule has 1 atom stereocenters. The highest BCUT2D eigenvalue weighted by Crippen LogP contribution is 2.22. The lowest BCUT2D eigenvalue weighted by Crippen LogP contribution is -2.42. The zero-order chi connectivity index (χ0) is 13.8. The minimum atomic E-state index is -0.939. The minimum Gasteiger partial charge on any atom is -0.480 e. The van der Waals surface area contributed by atoms with E-state index in [0.29, 0.717) is 18.7 Å². The van der Waals surface area contributed by atoms with Crippen molar-refractivity contribution in [3.05, 3.63) is 24.3 Å². The molecule has 0 bridgehead atoms. The van der Waals surface area contributed by atoms with E-state index in [2.05, 4.69) is 5.32 Å². The van der Waals surface area contributed by atoms with Gasteiger partial charge >= 0.3 is 12.0 Å². The van der Waals surface area contributed by atoms with Crippen LogP contribution in [-0.2, 0) is 4.79 Å². The van der Waals surface area contributed by atoms with Crippen LogP contribution in [0, 0.1) is 0 Å². The van der Waals surface area contributed by atoms with Gasteiger partial charge in [0.1, 0.15) is 6.04 Å². The second-order valence-electron chi connectivity index (χ2n) is 4.35. The number of nitrogens with one attached hydrogen (secondary N) is 1. The van der Waals surface area contributed by atoms with Crippen LogP contribution in [0.4, 0.5) is 10.5 Å². The third-order valence-electron chi connectivity index (χ3n) is 3.12. The Morgan fingerprint density at radius 3 is 2.95 bits per heavy atom. The van der Waals surface area contributed by atoms with Gasteiger partial charge in [-0.1, -0.05) is 6.07 Å². The van der Waals surface area contributed by atoms with E-state index >= 15 is 0 Å². The molecule has 0 radical (unpaired) electrons. The van der Waals surface area contributed by atoms with Gasteiger partial charge in [0.2, 0.25) is 0 Å². The molecular weight excluding hydrogens is 264 g/mol. The molecule has 5 nitrogen and oxygen atoms in total. The molecule has 1 aromatic rings. The molecule has 2 rings (SSSR count). The molecule has 1 saturated heterocycles. The Bertz CT molecular complexity index is 493. The molecule has 0 aromatic heterocycles. The normalized spacial score (nSPS) is 18.4. The smallest absolute Gasteiger partial charge is 0.326 e. The van der Waals surface area contributed by atoms with Gasteiger partial charge in [0.05, 0.1) is 0 Å². The first-order chi connectivity index (χ1) is 9.11. The Morgan fingerprint density at radius 1 is 1.47 bits per heavy atom. The summed E-state index contributed by atoms with van der Waals surface area (Å²) in [7, 11) is 0. The summed E-state index contributed by atoms with van der Waals surface area (Å²) in [6.07, 6.45) is 3.21. The lowest BCUT2D eigenvalue weighted by atomic mass is 10.2. The molecule has 0 spiro atoms. The molecule has 0 saturated carbocycles. The lowest BCUT2D eigenvalue weighted by Gasteiger charge is -2.21. The van der Waals surface area contributed by atoms with Gasteiger partial charge in [-0.05, 0) is 37.3 Å². The topological polar surface area (TPSA) is 69.6 Å². The van der Waals surface area contributed by atoms with E-state index in [1.54, 1.807) is 17.8 Å². The number of carbonyl (C=O) groups excluding carboxylic acids is 1. The number of nitrogens with zero attached hydrogens (tertiary/aromatic N) is 1. The second-order valence-corrected chi connectivity index (χ2v) is 5.23. The third-order valence-corrected chi connectivity index (χ3v) is 3.85. The van der Waals surface area contributed by atoms with Crippen LogP contribution < -0.4 is 5.32 Å². The number of aliphatic carboxylic acids is 1. The van der Waals surface area contributed by atoms with E-state index in [1.807, 2.05) is 24.5 Å². The zero-order valence-electron chi connectivity index (χ0n) is 10.6. The number of carboxylic acids is 1. The van der Waals surface area contributed by atoms with Crippen molar-refractivity contribution in [3.63, 3.8) is 0 Å². The van der Waals surface area contributed by atoms with Crippen LogP contribution in [0.1, 0.15) is 12.8 Å². The van der Waals surface area contributed by atoms with Gasteiger partial charge < -0.3 is 15.3 Å². The van der Waals surface area contributed by atoms with Crippen LogP contribution in [-0.4, -0.2) is 40.8 Å². The summed E-state index contributed by atoms with van der Waals surface area (Å²) in [6, 6.07) is 6.43. The van der Waals surface area contributed by atoms with Crippen molar-refractivity contribution in [3.8, 4) is 0 Å². The number of likely N-dealkylation sites (tertiary alicyclic amines) is 1. The summed E-state index contributed by atoms with van der Waals surface area (Å²) in [5.74, 6) is -0.939. The number of benzene rings is 1. The number of carbonyl (C=O) groups is 2. The van der Waals surface area contributed by atoms with Crippen molar-refractivity contribution in [1.82, 2.24) is 4.90 Å². The Kier molecular flexibility index (Phi) is 4.31. The van der Waals surface area contributed by atoms with Crippen LogP contribution in [0.25, 0.3) is 0 Å². The number of hydrogen-bond acceptors (Lipinski definition) is 3. The number of anilines is 1. The highest BCUT2D eigenvalue weighted by atomic mass is 32.2. The number of rotatable bonds is 3. The van der Waals surface area contributed by atoms with E-state index in [1.165, 1.54) is 4.90 Å². The monoisotopic (exact) mass is 280 g/mol. The van der Waals surface area contributed by atoms with Gasteiger partial charge in [0.25, 0.3) is 0 Å². The first-order valence-corrected chi connectivity index (χ1v) is 7.29. The molecule has 1 fully saturated rings. The maximum absolute atomic E-state index is 12.1. The molecule has 19 heavy (non-hydrogen) atoms. The van der Waals surface area contributed by atoms with Crippen LogP contribution in [0.3, 0.4) is 0 Å². The van der Waals surface area contributed by atoms with Crippen LogP contribution >= 0.6 is 11.8 Å². The summed E-state index contributed by atoms with van der Waals surface area (Å²) in [6.45, 7) is 0.491. The van der Waals surface area contributed by atoms with Crippen LogP contribution in [0.15, 0.2) is 29.2 Å². The Labute approximate surface area is 116 Å². The van der Waals surface area contributed by atoms with Gasteiger partial charge in [0.15, 0.2) is 0 Å². The Balaban J connectivity index is 2.06. The van der Waals surface area contributed by atoms with Crippen molar-refractivity contribution in [1.29, 1.82) is 0 Å². The molecule has 1 heterocycles. The van der Waals surface area contributed by atoms with Gasteiger partial charge in [0, 0.05) is 17.1 Å². The molecule has 0 unspecified atom stereocenters. The number of thioether (sulfide) groups is 1. The molecule has 0 aliphatic carbocycles. The summed E-state index contributed by atoms with van der Waals surface area (Å²) in [5, 5.41) is 11.8. The minimum absolute atomic E-state index is 0.344. The largest absolute Gasteiger partial charge is 0.480 e. The molecule has 6 heteroatoms. The number of urea groups is 1. The van der Waals surface area contributed by atoms with Crippen molar-refractivity contribution in [2.24, 2.45) is 0 Å². The highest BCUT2D eigenvalue weighted by Gasteiger charge is 2.33. The first-order valence-electron chi connectivity index (χ1n) is 6.06. The standard InChI is InChI=1S/C13H16N2O3S/c1-19-10-5-2-4-9(8-10)14-13(18)15-7-3-6-11(15)12(16)17/h2,4-5,8,11H,3,6-7H2,1H3,(H,14,18)(H,16,17)/t11-/m0/s1. The SMILES string of the molecule is CSc1cccc(NC(=O)N2CCC[C@H]2C(=O)O)c1. The molecule has 2 N–H and O–H groups in total. The number of carboxylic acid groups (broad SMARTS) is 1. The predicted molar refractivity (Wildman–Crippen MR) is 74.6 cm³/mol. The van der Waals surface area contributed by atoms with Gasteiger partial charge in [-0.3, -0.25) is 0 Å². The summed E-state index contributed by atoms with van der Waals surface area (Å²) < 4.78 is 0. The van der Waals surface area contributed by atoms with Crippen molar-refractivity contribution in [2.45, 2.75) is 23.8 Å². The van der Waals surface area contributed by atoms with Crippen molar-refractivity contribution < 1.29 is 14.7 Å². The maximum Gasteiger partial charge on any atom is 0.326 e. The number of amides is 2. The Hall–Kier alpha value is -1.69. The molecular formula is C13H16N2O3S. The third kappa shape index (κ3) is 3.20. The predicted octanol–water partition coefficient (Wildman–Crippen LogP) is 2.49. The summed E-state index contributed by atoms with van der Waals surface area (Å²) in [5.41, 5.74) is 0.688. The zero-order valence-corrected chi connectivity index (χ0v) is 11.4. The molecule has 2 amide bonds. The fraction of sp³-hybridized carbons (Fsp3) is 0.385.